The first kappa shape index (κ1) is 43.0. The van der Waals surface area contributed by atoms with Crippen molar-refractivity contribution in [1.29, 1.82) is 0 Å². The van der Waals surface area contributed by atoms with Gasteiger partial charge in [-0.3, -0.25) is 9.78 Å². The van der Waals surface area contributed by atoms with Crippen LogP contribution < -0.4 is 20.1 Å². The highest BCUT2D eigenvalue weighted by molar-refractivity contribution is 6.30. The number of carbonyl (C=O) groups excluding carboxylic acids is 1. The van der Waals surface area contributed by atoms with Crippen LogP contribution in [0.4, 0.5) is 5.69 Å². The van der Waals surface area contributed by atoms with E-state index in [0.717, 1.165) is 54.9 Å². The number of amides is 1. The summed E-state index contributed by atoms with van der Waals surface area (Å²) >= 11 is 6.30. The van der Waals surface area contributed by atoms with Gasteiger partial charge in [-0.05, 0) is 147 Å². The zero-order chi connectivity index (χ0) is 42.3. The third-order valence-corrected chi connectivity index (χ3v) is 13.5. The van der Waals surface area contributed by atoms with Crippen molar-refractivity contribution in [2.45, 2.75) is 120 Å². The SMILES string of the molecule is C[C@@H](COc1ccnc2c1[C@H](C)CCC2)CC1Cc2ccc(OCCCCC(=O)N[C@@H](Cc3ccccc3)C(=O)O)cc2C12CCC(Nc1cccc(Cl)c1)(C(=O)O)CC2. The van der Waals surface area contributed by atoms with E-state index in [1.807, 2.05) is 60.8 Å². The second-order valence-electron chi connectivity index (χ2n) is 17.5. The number of carboxylic acid groups (broad SMARTS) is 2. The zero-order valence-electron chi connectivity index (χ0n) is 34.8. The van der Waals surface area contributed by atoms with Gasteiger partial charge in [0.2, 0.25) is 5.91 Å². The van der Waals surface area contributed by atoms with E-state index in [1.165, 1.54) is 16.7 Å². The number of benzene rings is 3. The number of nitrogens with zero attached hydrogens (tertiary/aromatic N) is 1. The number of nitrogens with one attached hydrogen (secondary N) is 2. The highest BCUT2D eigenvalue weighted by Crippen LogP contribution is 2.57. The molecule has 0 radical (unpaired) electrons. The number of halogens is 1. The third-order valence-electron chi connectivity index (χ3n) is 13.2. The summed E-state index contributed by atoms with van der Waals surface area (Å²) in [5.74, 6) is 0.479. The van der Waals surface area contributed by atoms with Crippen LogP contribution in [0.5, 0.6) is 11.5 Å². The van der Waals surface area contributed by atoms with Crippen molar-refractivity contribution in [3.05, 3.63) is 118 Å². The molecule has 60 heavy (non-hydrogen) atoms. The monoisotopic (exact) mass is 835 g/mol. The largest absolute Gasteiger partial charge is 0.494 e. The van der Waals surface area contributed by atoms with Crippen molar-refractivity contribution in [1.82, 2.24) is 10.3 Å². The third kappa shape index (κ3) is 9.92. The molecule has 1 saturated carbocycles. The molecular weight excluding hydrogens is 778 g/mol. The van der Waals surface area contributed by atoms with Crippen molar-refractivity contribution in [3.63, 3.8) is 0 Å². The van der Waals surface area contributed by atoms with E-state index in [2.05, 4.69) is 41.6 Å². The van der Waals surface area contributed by atoms with E-state index in [4.69, 9.17) is 21.1 Å². The number of aryl methyl sites for hydroxylation is 1. The molecule has 4 aromatic rings. The lowest BCUT2D eigenvalue weighted by molar-refractivity contribution is -0.144. The maximum Gasteiger partial charge on any atom is 0.329 e. The van der Waals surface area contributed by atoms with Gasteiger partial charge in [-0.15, -0.1) is 0 Å². The van der Waals surface area contributed by atoms with Crippen LogP contribution >= 0.6 is 11.6 Å². The highest BCUT2D eigenvalue weighted by atomic mass is 35.5. The molecule has 4 N–H and O–H groups in total. The number of pyridine rings is 1. The molecule has 7 rings (SSSR count). The number of fused-ring (bicyclic) bond motifs is 3. The maximum absolute atomic E-state index is 13.1. The molecule has 11 heteroatoms. The molecule has 1 aromatic heterocycles. The fraction of sp³-hybridized carbons (Fsp3) is 0.469. The van der Waals surface area contributed by atoms with Gasteiger partial charge in [-0.25, -0.2) is 9.59 Å². The van der Waals surface area contributed by atoms with Gasteiger partial charge in [0.25, 0.3) is 0 Å². The van der Waals surface area contributed by atoms with Crippen molar-refractivity contribution in [2.75, 3.05) is 18.5 Å². The average Bonchev–Trinajstić information content (AvgIpc) is 3.51. The number of hydrogen-bond acceptors (Lipinski definition) is 7. The summed E-state index contributed by atoms with van der Waals surface area (Å²) in [5.41, 5.74) is 5.13. The van der Waals surface area contributed by atoms with E-state index in [-0.39, 0.29) is 30.1 Å². The topological polar surface area (TPSA) is 147 Å². The lowest BCUT2D eigenvalue weighted by Crippen LogP contribution is -2.53. The minimum Gasteiger partial charge on any atom is -0.494 e. The molecule has 0 bridgehead atoms. The Morgan fingerprint density at radius 2 is 1.75 bits per heavy atom. The van der Waals surface area contributed by atoms with Crippen LogP contribution in [0.15, 0.2) is 85.1 Å². The molecule has 0 saturated heterocycles. The number of carboxylic acids is 2. The molecular formula is C49H58ClN3O7. The van der Waals surface area contributed by atoms with Crippen molar-refractivity contribution >= 4 is 35.1 Å². The molecule has 1 unspecified atom stereocenters. The zero-order valence-corrected chi connectivity index (χ0v) is 35.5. The number of hydrogen-bond donors (Lipinski definition) is 4. The highest BCUT2D eigenvalue weighted by Gasteiger charge is 2.54. The van der Waals surface area contributed by atoms with Gasteiger partial charge in [-0.1, -0.05) is 67.9 Å². The molecule has 10 nitrogen and oxygen atoms in total. The molecule has 1 heterocycles. The maximum atomic E-state index is 13.1. The molecule has 3 aliphatic carbocycles. The average molecular weight is 836 g/mol. The summed E-state index contributed by atoms with van der Waals surface area (Å²) in [5, 5.41) is 27.0. The Labute approximate surface area is 358 Å². The van der Waals surface area contributed by atoms with Gasteiger partial charge in [0, 0.05) is 41.0 Å². The quantitative estimate of drug-likeness (QED) is 0.0720. The van der Waals surface area contributed by atoms with Crippen molar-refractivity contribution < 1.29 is 34.1 Å². The predicted molar refractivity (Wildman–Crippen MR) is 233 cm³/mol. The second kappa shape index (κ2) is 19.1. The molecule has 1 amide bonds. The van der Waals surface area contributed by atoms with Crippen LogP contribution in [0, 0.1) is 11.8 Å². The summed E-state index contributed by atoms with van der Waals surface area (Å²) in [6.45, 7) is 5.53. The molecule has 3 aromatic carbocycles. The number of aromatic nitrogens is 1. The Kier molecular flexibility index (Phi) is 13.7. The Morgan fingerprint density at radius 1 is 0.950 bits per heavy atom. The van der Waals surface area contributed by atoms with Crippen molar-refractivity contribution in [2.24, 2.45) is 11.8 Å². The summed E-state index contributed by atoms with van der Waals surface area (Å²) in [7, 11) is 0. The number of unbranched alkanes of at least 4 members (excludes halogenated alkanes) is 1. The van der Waals surface area contributed by atoms with Crippen molar-refractivity contribution in [3.8, 4) is 11.5 Å². The first-order chi connectivity index (χ1) is 28.9. The van der Waals surface area contributed by atoms with Crippen LogP contribution in [0.25, 0.3) is 0 Å². The van der Waals surface area contributed by atoms with Crippen LogP contribution in [0.3, 0.4) is 0 Å². The summed E-state index contributed by atoms with van der Waals surface area (Å²) < 4.78 is 12.9. The first-order valence-corrected chi connectivity index (χ1v) is 22.0. The number of rotatable bonds is 18. The number of carbonyl (C=O) groups is 3. The Bertz CT molecular complexity index is 2140. The molecule has 318 valence electrons. The van der Waals surface area contributed by atoms with E-state index in [9.17, 15) is 24.6 Å². The van der Waals surface area contributed by atoms with Gasteiger partial charge < -0.3 is 30.3 Å². The minimum atomic E-state index is -1.12. The van der Waals surface area contributed by atoms with Crippen LogP contribution in [0.1, 0.15) is 112 Å². The lowest BCUT2D eigenvalue weighted by atomic mass is 9.59. The minimum absolute atomic E-state index is 0.204. The van der Waals surface area contributed by atoms with Crippen LogP contribution in [0.2, 0.25) is 5.02 Å². The van der Waals surface area contributed by atoms with Gasteiger partial charge in [0.1, 0.15) is 23.1 Å². The molecule has 1 spiro atoms. The van der Waals surface area contributed by atoms with Gasteiger partial charge >= 0.3 is 11.9 Å². The molecule has 1 fully saturated rings. The van der Waals surface area contributed by atoms with Crippen LogP contribution in [-0.2, 0) is 39.1 Å². The number of aliphatic carboxylic acids is 2. The van der Waals surface area contributed by atoms with E-state index >= 15 is 0 Å². The molecule has 3 aliphatic rings. The summed E-state index contributed by atoms with van der Waals surface area (Å²) in [4.78, 5) is 42.3. The van der Waals surface area contributed by atoms with Gasteiger partial charge in [-0.2, -0.15) is 0 Å². The summed E-state index contributed by atoms with van der Waals surface area (Å²) in [6, 6.07) is 23.9. The normalized spacial score (nSPS) is 22.9. The summed E-state index contributed by atoms with van der Waals surface area (Å²) in [6.07, 6.45) is 10.9. The van der Waals surface area contributed by atoms with Gasteiger partial charge in [0.05, 0.1) is 13.2 Å². The first-order valence-electron chi connectivity index (χ1n) is 21.6. The standard InChI is InChI=1S/C49H58ClN3O7/c1-32(31-60-43-19-24-51-41-15-8-10-33(2)45(41)43)26-36-28-35-17-18-39(59-25-7-6-16-44(54)52-42(46(55)56)27-34-11-4-3-5-12-34)30-40(35)48(36)20-22-49(23-21-48,47(57)58)53-38-14-9-13-37(50)29-38/h3-5,9,11-14,17-19,24,29-30,32-33,36,42,53H,6-8,10,15-16,20-23,25-28,31H2,1-2H3,(H,52,54)(H,55,56)(H,57,58)/t32-,33-,36?,42+,48?,49?/m1/s1. The fourth-order valence-electron chi connectivity index (χ4n) is 10.1. The molecule has 0 aliphatic heterocycles. The van der Waals surface area contributed by atoms with E-state index in [0.29, 0.717) is 74.3 Å². The predicted octanol–water partition coefficient (Wildman–Crippen LogP) is 9.56. The second-order valence-corrected chi connectivity index (χ2v) is 17.9. The Morgan fingerprint density at radius 3 is 2.50 bits per heavy atom. The fourth-order valence-corrected chi connectivity index (χ4v) is 10.3. The number of anilines is 1. The van der Waals surface area contributed by atoms with Gasteiger partial charge in [0.15, 0.2) is 0 Å². The van der Waals surface area contributed by atoms with E-state index in [1.54, 1.807) is 12.1 Å². The van der Waals surface area contributed by atoms with Crippen LogP contribution in [-0.4, -0.2) is 57.8 Å². The Balaban J connectivity index is 1.02. The van der Waals surface area contributed by atoms with E-state index < -0.39 is 23.5 Å². The smallest absolute Gasteiger partial charge is 0.329 e. The Hall–Kier alpha value is -5.09. The lowest BCUT2D eigenvalue weighted by Gasteiger charge is -2.47. The number of ether oxygens (including phenoxy) is 2. The molecule has 4 atom stereocenters.